The molecule has 2 aliphatic rings. The van der Waals surface area contributed by atoms with Crippen LogP contribution in [0, 0.1) is 5.92 Å². The molecule has 1 saturated carbocycles. The van der Waals surface area contributed by atoms with Crippen molar-refractivity contribution in [2.45, 2.75) is 57.2 Å². The van der Waals surface area contributed by atoms with Gasteiger partial charge < -0.3 is 14.6 Å². The number of hydrogen-bond donors (Lipinski definition) is 1. The fourth-order valence-corrected chi connectivity index (χ4v) is 2.66. The predicted octanol–water partition coefficient (Wildman–Crippen LogP) is 2.12. The smallest absolute Gasteiger partial charge is 0.0808 e. The average Bonchev–Trinajstić information content (AvgIpc) is 2.38. The molecule has 2 rings (SSSR count). The van der Waals surface area contributed by atoms with Crippen LogP contribution in [0.25, 0.3) is 0 Å². The molecule has 1 saturated heterocycles. The van der Waals surface area contributed by atoms with Gasteiger partial charge in [0.1, 0.15) is 0 Å². The molecule has 1 atom stereocenters. The molecular formula is C13H24O3. The molecule has 94 valence electrons. The molecule has 3 nitrogen and oxygen atoms in total. The van der Waals surface area contributed by atoms with Gasteiger partial charge in [0, 0.05) is 13.2 Å². The lowest BCUT2D eigenvalue weighted by Gasteiger charge is -2.29. The largest absolute Gasteiger partial charge is 0.396 e. The van der Waals surface area contributed by atoms with Gasteiger partial charge in [-0.25, -0.2) is 0 Å². The maximum atomic E-state index is 9.05. The second-order valence-electron chi connectivity index (χ2n) is 5.15. The Morgan fingerprint density at radius 1 is 1.06 bits per heavy atom. The highest BCUT2D eigenvalue weighted by Crippen LogP contribution is 2.26. The van der Waals surface area contributed by atoms with Crippen molar-refractivity contribution in [2.75, 3.05) is 19.8 Å². The molecule has 0 amide bonds. The summed E-state index contributed by atoms with van der Waals surface area (Å²) in [7, 11) is 0. The first-order valence-electron chi connectivity index (χ1n) is 6.72. The SMILES string of the molecule is OCC1CCC(OCC2CCCCO2)CC1. The molecule has 0 aromatic carbocycles. The molecule has 16 heavy (non-hydrogen) atoms. The van der Waals surface area contributed by atoms with E-state index in [0.717, 1.165) is 45.3 Å². The van der Waals surface area contributed by atoms with Crippen molar-refractivity contribution < 1.29 is 14.6 Å². The summed E-state index contributed by atoms with van der Waals surface area (Å²) in [6, 6.07) is 0. The fourth-order valence-electron chi connectivity index (χ4n) is 2.66. The number of rotatable bonds is 4. The van der Waals surface area contributed by atoms with E-state index in [4.69, 9.17) is 14.6 Å². The van der Waals surface area contributed by atoms with Crippen molar-refractivity contribution in [1.82, 2.24) is 0 Å². The van der Waals surface area contributed by atoms with Crippen LogP contribution in [0.2, 0.25) is 0 Å². The van der Waals surface area contributed by atoms with Gasteiger partial charge in [0.25, 0.3) is 0 Å². The Morgan fingerprint density at radius 3 is 2.50 bits per heavy atom. The molecule has 1 N–H and O–H groups in total. The third-order valence-corrected chi connectivity index (χ3v) is 3.84. The molecule has 2 fully saturated rings. The molecule has 0 radical (unpaired) electrons. The Kier molecular flexibility index (Phi) is 5.07. The molecule has 1 aliphatic heterocycles. The van der Waals surface area contributed by atoms with Crippen molar-refractivity contribution in [2.24, 2.45) is 5.92 Å². The minimum atomic E-state index is 0.337. The maximum absolute atomic E-state index is 9.05. The van der Waals surface area contributed by atoms with E-state index in [1.165, 1.54) is 12.8 Å². The number of ether oxygens (including phenoxy) is 2. The first kappa shape index (κ1) is 12.3. The monoisotopic (exact) mass is 228 g/mol. The summed E-state index contributed by atoms with van der Waals surface area (Å²) in [5.41, 5.74) is 0. The van der Waals surface area contributed by atoms with Crippen molar-refractivity contribution in [3.63, 3.8) is 0 Å². The Labute approximate surface area is 98.1 Å². The van der Waals surface area contributed by atoms with Crippen LogP contribution in [0.15, 0.2) is 0 Å². The van der Waals surface area contributed by atoms with E-state index in [1.807, 2.05) is 0 Å². The second-order valence-corrected chi connectivity index (χ2v) is 5.15. The van der Waals surface area contributed by atoms with Crippen LogP contribution in [0.3, 0.4) is 0 Å². The number of aliphatic hydroxyl groups excluding tert-OH is 1. The van der Waals surface area contributed by atoms with Gasteiger partial charge in [-0.15, -0.1) is 0 Å². The summed E-state index contributed by atoms with van der Waals surface area (Å²) in [4.78, 5) is 0. The van der Waals surface area contributed by atoms with Crippen molar-refractivity contribution in [3.05, 3.63) is 0 Å². The van der Waals surface area contributed by atoms with Gasteiger partial charge in [-0.3, -0.25) is 0 Å². The van der Waals surface area contributed by atoms with E-state index in [2.05, 4.69) is 0 Å². The molecule has 1 aliphatic carbocycles. The van der Waals surface area contributed by atoms with Gasteiger partial charge in [-0.1, -0.05) is 0 Å². The molecule has 1 heterocycles. The molecule has 0 aromatic heterocycles. The summed E-state index contributed by atoms with van der Waals surface area (Å²) in [6.45, 7) is 2.03. The summed E-state index contributed by atoms with van der Waals surface area (Å²) >= 11 is 0. The minimum Gasteiger partial charge on any atom is -0.396 e. The van der Waals surface area contributed by atoms with E-state index in [9.17, 15) is 0 Å². The van der Waals surface area contributed by atoms with Gasteiger partial charge in [0.05, 0.1) is 18.8 Å². The highest BCUT2D eigenvalue weighted by atomic mass is 16.5. The van der Waals surface area contributed by atoms with Crippen LogP contribution in [-0.2, 0) is 9.47 Å². The normalized spacial score (nSPS) is 36.2. The molecule has 0 bridgehead atoms. The number of hydrogen-bond acceptors (Lipinski definition) is 3. The van der Waals surface area contributed by atoms with E-state index >= 15 is 0 Å². The molecule has 0 spiro atoms. The van der Waals surface area contributed by atoms with Gasteiger partial charge in [0.15, 0.2) is 0 Å². The summed E-state index contributed by atoms with van der Waals surface area (Å²) in [6.07, 6.45) is 8.85. The highest BCUT2D eigenvalue weighted by Gasteiger charge is 2.22. The molecular weight excluding hydrogens is 204 g/mol. The Hall–Kier alpha value is -0.120. The van der Waals surface area contributed by atoms with Crippen LogP contribution in [-0.4, -0.2) is 37.1 Å². The maximum Gasteiger partial charge on any atom is 0.0808 e. The van der Waals surface area contributed by atoms with Crippen molar-refractivity contribution in [1.29, 1.82) is 0 Å². The van der Waals surface area contributed by atoms with E-state index < -0.39 is 0 Å². The third kappa shape index (κ3) is 3.72. The van der Waals surface area contributed by atoms with Crippen LogP contribution in [0.1, 0.15) is 44.9 Å². The highest BCUT2D eigenvalue weighted by molar-refractivity contribution is 4.73. The van der Waals surface area contributed by atoms with Crippen LogP contribution in [0.4, 0.5) is 0 Å². The standard InChI is InChI=1S/C13H24O3/c14-9-11-4-6-12(7-5-11)16-10-13-3-1-2-8-15-13/h11-14H,1-10H2. The van der Waals surface area contributed by atoms with Crippen LogP contribution >= 0.6 is 0 Å². The fraction of sp³-hybridized carbons (Fsp3) is 1.00. The van der Waals surface area contributed by atoms with Gasteiger partial charge in [-0.05, 0) is 50.9 Å². The van der Waals surface area contributed by atoms with Gasteiger partial charge in [0.2, 0.25) is 0 Å². The van der Waals surface area contributed by atoms with E-state index in [0.29, 0.717) is 24.7 Å². The van der Waals surface area contributed by atoms with Gasteiger partial charge >= 0.3 is 0 Å². The van der Waals surface area contributed by atoms with E-state index in [1.54, 1.807) is 0 Å². The topological polar surface area (TPSA) is 38.7 Å². The Balaban J connectivity index is 1.59. The quantitative estimate of drug-likeness (QED) is 0.801. The average molecular weight is 228 g/mol. The Morgan fingerprint density at radius 2 is 1.88 bits per heavy atom. The minimum absolute atomic E-state index is 0.337. The zero-order chi connectivity index (χ0) is 11.2. The summed E-state index contributed by atoms with van der Waals surface area (Å²) < 4.78 is 11.6. The third-order valence-electron chi connectivity index (χ3n) is 3.84. The van der Waals surface area contributed by atoms with E-state index in [-0.39, 0.29) is 0 Å². The zero-order valence-electron chi connectivity index (χ0n) is 10.1. The molecule has 0 aromatic rings. The predicted molar refractivity (Wildman–Crippen MR) is 62.4 cm³/mol. The summed E-state index contributed by atoms with van der Waals surface area (Å²) in [5.74, 6) is 0.519. The zero-order valence-corrected chi connectivity index (χ0v) is 10.1. The lowest BCUT2D eigenvalue weighted by atomic mass is 9.88. The van der Waals surface area contributed by atoms with Crippen molar-refractivity contribution in [3.8, 4) is 0 Å². The first-order chi connectivity index (χ1) is 7.88. The Bertz CT molecular complexity index is 182. The van der Waals surface area contributed by atoms with Gasteiger partial charge in [-0.2, -0.15) is 0 Å². The lowest BCUT2D eigenvalue weighted by molar-refractivity contribution is -0.0738. The van der Waals surface area contributed by atoms with Crippen LogP contribution < -0.4 is 0 Å². The lowest BCUT2D eigenvalue weighted by Crippen LogP contribution is -2.30. The first-order valence-corrected chi connectivity index (χ1v) is 6.72. The summed E-state index contributed by atoms with van der Waals surface area (Å²) in [5, 5.41) is 9.05. The molecule has 1 unspecified atom stereocenters. The second kappa shape index (κ2) is 6.58. The molecule has 3 heteroatoms. The number of aliphatic hydroxyl groups is 1. The van der Waals surface area contributed by atoms with Crippen molar-refractivity contribution >= 4 is 0 Å². The van der Waals surface area contributed by atoms with Crippen LogP contribution in [0.5, 0.6) is 0 Å².